The number of fused-ring (bicyclic) bond motifs is 1. The van der Waals surface area contributed by atoms with Gasteiger partial charge in [-0.3, -0.25) is 9.36 Å². The van der Waals surface area contributed by atoms with Crippen molar-refractivity contribution >= 4 is 10.9 Å². The van der Waals surface area contributed by atoms with Crippen LogP contribution in [-0.2, 0) is 0 Å². The van der Waals surface area contributed by atoms with E-state index in [0.717, 1.165) is 44.1 Å². The van der Waals surface area contributed by atoms with Gasteiger partial charge in [0.1, 0.15) is 29.5 Å². The highest BCUT2D eigenvalue weighted by molar-refractivity contribution is 5.79. The van der Waals surface area contributed by atoms with Crippen LogP contribution in [0.4, 0.5) is 8.78 Å². The fourth-order valence-corrected chi connectivity index (χ4v) is 5.46. The van der Waals surface area contributed by atoms with E-state index in [2.05, 4.69) is 22.0 Å². The minimum atomic E-state index is -0.888. The van der Waals surface area contributed by atoms with Crippen LogP contribution in [0, 0.1) is 23.0 Å². The van der Waals surface area contributed by atoms with Gasteiger partial charge < -0.3 is 9.64 Å². The second-order valence-corrected chi connectivity index (χ2v) is 10.0. The highest BCUT2D eigenvalue weighted by atomic mass is 19.1. The number of aromatic nitrogens is 2. The van der Waals surface area contributed by atoms with Gasteiger partial charge >= 0.3 is 0 Å². The highest BCUT2D eigenvalue weighted by Crippen LogP contribution is 2.34. The van der Waals surface area contributed by atoms with Gasteiger partial charge in [-0.2, -0.15) is 5.26 Å². The van der Waals surface area contributed by atoms with Gasteiger partial charge in [0.25, 0.3) is 5.56 Å². The number of benzene rings is 3. The summed E-state index contributed by atoms with van der Waals surface area (Å²) in [5.74, 6) is -1.67. The summed E-state index contributed by atoms with van der Waals surface area (Å²) in [7, 11) is 0. The van der Waals surface area contributed by atoms with Crippen LogP contribution < -0.4 is 10.3 Å². The molecule has 3 aromatic carbocycles. The van der Waals surface area contributed by atoms with Crippen molar-refractivity contribution in [1.29, 1.82) is 5.26 Å². The van der Waals surface area contributed by atoms with Crippen LogP contribution in [-0.4, -0.2) is 33.6 Å². The molecule has 1 saturated carbocycles. The summed E-state index contributed by atoms with van der Waals surface area (Å²) < 4.78 is 35.2. The lowest BCUT2D eigenvalue weighted by Crippen LogP contribution is -2.44. The molecule has 2 fully saturated rings. The fourth-order valence-electron chi connectivity index (χ4n) is 5.46. The largest absolute Gasteiger partial charge is 0.453 e. The van der Waals surface area contributed by atoms with Crippen molar-refractivity contribution in [3.63, 3.8) is 0 Å². The molecule has 6 rings (SSSR count). The van der Waals surface area contributed by atoms with E-state index in [-0.39, 0.29) is 16.7 Å². The van der Waals surface area contributed by atoms with E-state index in [1.807, 2.05) is 12.1 Å². The fraction of sp³-hybridized carbons (Fsp3) is 0.300. The van der Waals surface area contributed by atoms with E-state index in [1.54, 1.807) is 12.1 Å². The van der Waals surface area contributed by atoms with Gasteiger partial charge in [0, 0.05) is 6.04 Å². The number of likely N-dealkylation sites (tertiary alicyclic amines) is 1. The predicted octanol–water partition coefficient (Wildman–Crippen LogP) is 6.06. The molecule has 0 unspecified atom stereocenters. The number of piperidine rings is 1. The molecular weight excluding hydrogens is 486 g/mol. The third-order valence-electron chi connectivity index (χ3n) is 7.88. The third kappa shape index (κ3) is 4.44. The van der Waals surface area contributed by atoms with Crippen molar-refractivity contribution in [1.82, 2.24) is 14.5 Å². The molecule has 1 aliphatic carbocycles. The third-order valence-corrected chi connectivity index (χ3v) is 7.88. The maximum absolute atomic E-state index is 14.3. The zero-order valence-corrected chi connectivity index (χ0v) is 20.7. The molecule has 0 atom stereocenters. The maximum atomic E-state index is 14.3. The Morgan fingerprint density at radius 3 is 2.37 bits per heavy atom. The van der Waals surface area contributed by atoms with Crippen molar-refractivity contribution < 1.29 is 13.5 Å². The Labute approximate surface area is 218 Å². The lowest BCUT2D eigenvalue weighted by molar-refractivity contribution is 0.0975. The van der Waals surface area contributed by atoms with Crippen molar-refractivity contribution in [3.8, 4) is 23.3 Å². The van der Waals surface area contributed by atoms with E-state index in [1.165, 1.54) is 47.9 Å². The first-order chi connectivity index (χ1) is 18.5. The number of halogens is 2. The average Bonchev–Trinajstić information content (AvgIpc) is 2.91. The molecule has 1 aromatic heterocycles. The molecule has 1 saturated heterocycles. The predicted molar refractivity (Wildman–Crippen MR) is 140 cm³/mol. The van der Waals surface area contributed by atoms with E-state index < -0.39 is 22.9 Å². The van der Waals surface area contributed by atoms with Gasteiger partial charge in [0.05, 0.1) is 16.6 Å². The maximum Gasteiger partial charge on any atom is 0.265 e. The van der Waals surface area contributed by atoms with Crippen LogP contribution >= 0.6 is 0 Å². The van der Waals surface area contributed by atoms with E-state index >= 15 is 0 Å². The Kier molecular flexibility index (Phi) is 6.38. The van der Waals surface area contributed by atoms with E-state index in [0.29, 0.717) is 17.1 Å². The monoisotopic (exact) mass is 512 g/mol. The molecule has 1 aliphatic heterocycles. The summed E-state index contributed by atoms with van der Waals surface area (Å²) in [5.41, 5.74) is 1.55. The minimum absolute atomic E-state index is 0.0961. The first-order valence-electron chi connectivity index (χ1n) is 12.9. The number of ether oxygens (including phenoxy) is 1. The van der Waals surface area contributed by atoms with Crippen LogP contribution in [0.25, 0.3) is 16.6 Å². The quantitative estimate of drug-likeness (QED) is 0.325. The summed E-state index contributed by atoms with van der Waals surface area (Å²) in [5, 5.41) is 9.48. The summed E-state index contributed by atoms with van der Waals surface area (Å²) in [6.45, 7) is 2.29. The van der Waals surface area contributed by atoms with Crippen molar-refractivity contribution in [2.24, 2.45) is 0 Å². The first-order valence-corrected chi connectivity index (χ1v) is 12.9. The van der Waals surface area contributed by atoms with E-state index in [4.69, 9.17) is 4.74 Å². The molecule has 2 aliphatic rings. The SMILES string of the molecule is N#Cc1c(F)ccc(F)c1Oc1ccc2ncn(-c3ccc(C4CCN(C5CCC5)CC4)cc3)c(=O)c2c1. The van der Waals surface area contributed by atoms with Gasteiger partial charge in [-0.1, -0.05) is 18.6 Å². The molecule has 0 radical (unpaired) electrons. The molecule has 0 N–H and O–H groups in total. The average molecular weight is 513 g/mol. The van der Waals surface area contributed by atoms with Crippen molar-refractivity contribution in [3.05, 3.63) is 94.0 Å². The normalized spacial score (nSPS) is 16.8. The molecule has 0 bridgehead atoms. The van der Waals surface area contributed by atoms with Crippen LogP contribution in [0.2, 0.25) is 0 Å². The number of nitrogens with zero attached hydrogens (tertiary/aromatic N) is 4. The lowest BCUT2D eigenvalue weighted by Gasteiger charge is -2.42. The van der Waals surface area contributed by atoms with E-state index in [9.17, 15) is 18.8 Å². The zero-order valence-electron chi connectivity index (χ0n) is 20.7. The Hall–Kier alpha value is -4.09. The van der Waals surface area contributed by atoms with Crippen molar-refractivity contribution in [2.75, 3.05) is 13.1 Å². The van der Waals surface area contributed by atoms with Gasteiger partial charge in [-0.05, 0) is 92.7 Å². The van der Waals surface area contributed by atoms with Crippen LogP contribution in [0.3, 0.4) is 0 Å². The molecule has 192 valence electrons. The van der Waals surface area contributed by atoms with Crippen molar-refractivity contribution in [2.45, 2.75) is 44.1 Å². The van der Waals surface area contributed by atoms with Crippen LogP contribution in [0.1, 0.15) is 49.1 Å². The molecule has 0 spiro atoms. The minimum Gasteiger partial charge on any atom is -0.453 e. The molecular formula is C30H26F2N4O2. The summed E-state index contributed by atoms with van der Waals surface area (Å²) in [6, 6.07) is 16.7. The molecule has 38 heavy (non-hydrogen) atoms. The standard InChI is InChI=1S/C30H26F2N4O2/c31-26-9-10-27(32)29(25(26)17-33)38-23-8-11-28-24(16-23)30(37)36(18-34-28)22-6-4-19(5-7-22)20-12-14-35(15-13-20)21-2-1-3-21/h4-11,16,18,20-21H,1-3,12-15H2. The Morgan fingerprint density at radius 1 is 0.947 bits per heavy atom. The Balaban J connectivity index is 1.25. The lowest BCUT2D eigenvalue weighted by atomic mass is 9.85. The second kappa shape index (κ2) is 9.99. The van der Waals surface area contributed by atoms with Gasteiger partial charge in [0.15, 0.2) is 11.6 Å². The number of hydrogen-bond acceptors (Lipinski definition) is 5. The summed E-state index contributed by atoms with van der Waals surface area (Å²) in [4.78, 5) is 20.4. The smallest absolute Gasteiger partial charge is 0.265 e. The summed E-state index contributed by atoms with van der Waals surface area (Å²) in [6.07, 6.45) is 7.81. The number of hydrogen-bond donors (Lipinski definition) is 0. The molecule has 0 amide bonds. The molecule has 8 heteroatoms. The summed E-state index contributed by atoms with van der Waals surface area (Å²) >= 11 is 0. The molecule has 2 heterocycles. The topological polar surface area (TPSA) is 71.2 Å². The van der Waals surface area contributed by atoms with Gasteiger partial charge in [-0.15, -0.1) is 0 Å². The highest BCUT2D eigenvalue weighted by Gasteiger charge is 2.29. The Bertz CT molecular complexity index is 1600. The Morgan fingerprint density at radius 2 is 1.68 bits per heavy atom. The second-order valence-electron chi connectivity index (χ2n) is 10.0. The van der Waals surface area contributed by atoms with Gasteiger partial charge in [-0.25, -0.2) is 13.8 Å². The van der Waals surface area contributed by atoms with Gasteiger partial charge in [0.2, 0.25) is 0 Å². The van der Waals surface area contributed by atoms with Crippen LogP contribution in [0.15, 0.2) is 65.7 Å². The van der Waals surface area contributed by atoms with Crippen LogP contribution in [0.5, 0.6) is 11.5 Å². The zero-order chi connectivity index (χ0) is 26.2. The molecule has 4 aromatic rings. The number of nitriles is 1. The molecule has 6 nitrogen and oxygen atoms in total. The number of rotatable bonds is 5. The first kappa shape index (κ1) is 24.3.